The van der Waals surface area contributed by atoms with E-state index >= 15 is 0 Å². The van der Waals surface area contributed by atoms with Crippen molar-refractivity contribution in [2.75, 3.05) is 31.2 Å². The molecular weight excluding hydrogens is 349 g/mol. The molecule has 0 aliphatic carbocycles. The number of rotatable bonds is 4. The summed E-state index contributed by atoms with van der Waals surface area (Å²) in [5.41, 5.74) is 0.660. The minimum Gasteiger partial charge on any atom is -0.348 e. The lowest BCUT2D eigenvalue weighted by molar-refractivity contribution is -0.136. The van der Waals surface area contributed by atoms with Gasteiger partial charge in [-0.05, 0) is 43.4 Å². The van der Waals surface area contributed by atoms with Crippen molar-refractivity contribution in [3.63, 3.8) is 0 Å². The molecule has 9 heteroatoms. The van der Waals surface area contributed by atoms with E-state index in [1.165, 1.54) is 22.7 Å². The predicted molar refractivity (Wildman–Crippen MR) is 91.9 cm³/mol. The summed E-state index contributed by atoms with van der Waals surface area (Å²) in [6.45, 7) is 2.72. The molecule has 7 nitrogen and oxygen atoms in total. The van der Waals surface area contributed by atoms with Crippen LogP contribution in [0.5, 0.6) is 0 Å². The monoisotopic (exact) mass is 371 g/mol. The maximum absolute atomic E-state index is 13.4. The minimum atomic E-state index is -3.18. The zero-order valence-corrected chi connectivity index (χ0v) is 15.0. The highest BCUT2D eigenvalue weighted by Gasteiger charge is 2.25. The molecule has 2 rings (SSSR count). The molecule has 138 valence electrons. The molecule has 0 atom stereocenters. The number of nitrogens with zero attached hydrogens (tertiary/aromatic N) is 1. The summed E-state index contributed by atoms with van der Waals surface area (Å²) >= 11 is 0. The summed E-state index contributed by atoms with van der Waals surface area (Å²) in [4.78, 5) is 23.7. The van der Waals surface area contributed by atoms with Crippen molar-refractivity contribution in [2.45, 2.75) is 19.8 Å². The van der Waals surface area contributed by atoms with Gasteiger partial charge in [0, 0.05) is 25.3 Å². The molecular formula is C16H22FN3O4S. The van der Waals surface area contributed by atoms with E-state index in [0.717, 1.165) is 6.07 Å². The van der Waals surface area contributed by atoms with Crippen molar-refractivity contribution in [1.82, 2.24) is 9.62 Å². The van der Waals surface area contributed by atoms with Gasteiger partial charge in [-0.25, -0.2) is 17.1 Å². The third kappa shape index (κ3) is 5.50. The van der Waals surface area contributed by atoms with Gasteiger partial charge in [0.2, 0.25) is 10.0 Å². The van der Waals surface area contributed by atoms with E-state index in [0.29, 0.717) is 38.0 Å². The molecule has 0 saturated carbocycles. The summed E-state index contributed by atoms with van der Waals surface area (Å²) in [7, 11) is -3.18. The van der Waals surface area contributed by atoms with Crippen LogP contribution in [0.25, 0.3) is 0 Å². The van der Waals surface area contributed by atoms with Crippen LogP contribution in [0.1, 0.15) is 18.4 Å². The van der Waals surface area contributed by atoms with Gasteiger partial charge in [-0.2, -0.15) is 0 Å². The molecule has 0 spiro atoms. The minimum absolute atomic E-state index is 0.117. The Hall–Kier alpha value is -2.00. The average Bonchev–Trinajstić information content (AvgIpc) is 2.55. The van der Waals surface area contributed by atoms with Crippen molar-refractivity contribution in [3.8, 4) is 0 Å². The van der Waals surface area contributed by atoms with Gasteiger partial charge in [0.15, 0.2) is 0 Å². The first kappa shape index (κ1) is 19.3. The quantitative estimate of drug-likeness (QED) is 0.768. The van der Waals surface area contributed by atoms with Gasteiger partial charge in [-0.3, -0.25) is 9.59 Å². The van der Waals surface area contributed by atoms with Crippen LogP contribution >= 0.6 is 0 Å². The summed E-state index contributed by atoms with van der Waals surface area (Å²) in [6, 6.07) is 4.18. The van der Waals surface area contributed by atoms with Crippen molar-refractivity contribution < 1.29 is 22.4 Å². The van der Waals surface area contributed by atoms with Crippen LogP contribution in [-0.4, -0.2) is 50.4 Å². The van der Waals surface area contributed by atoms with Gasteiger partial charge in [0.05, 0.1) is 6.26 Å². The number of piperidine rings is 1. The Balaban J connectivity index is 1.78. The fourth-order valence-electron chi connectivity index (χ4n) is 2.62. The summed E-state index contributed by atoms with van der Waals surface area (Å²) in [5, 5.41) is 4.89. The second kappa shape index (κ2) is 7.92. The Bertz CT molecular complexity index is 759. The number of hydrogen-bond acceptors (Lipinski definition) is 4. The largest absolute Gasteiger partial charge is 0.348 e. The number of aryl methyl sites for hydroxylation is 1. The number of halogens is 1. The topological polar surface area (TPSA) is 95.6 Å². The molecule has 1 aliphatic heterocycles. The maximum Gasteiger partial charge on any atom is 0.313 e. The van der Waals surface area contributed by atoms with Crippen LogP contribution in [0.3, 0.4) is 0 Å². The summed E-state index contributed by atoms with van der Waals surface area (Å²) < 4.78 is 37.7. The summed E-state index contributed by atoms with van der Waals surface area (Å²) in [5.74, 6) is -2.01. The molecule has 1 fully saturated rings. The lowest BCUT2D eigenvalue weighted by Gasteiger charge is -2.30. The van der Waals surface area contributed by atoms with Gasteiger partial charge in [0.1, 0.15) is 5.82 Å². The number of carbonyl (C=O) groups excluding carboxylic acids is 2. The van der Waals surface area contributed by atoms with Crippen LogP contribution in [0.2, 0.25) is 0 Å². The van der Waals surface area contributed by atoms with Crippen molar-refractivity contribution >= 4 is 27.5 Å². The lowest BCUT2D eigenvalue weighted by atomic mass is 9.98. The third-order valence-electron chi connectivity index (χ3n) is 4.23. The number of amides is 2. The van der Waals surface area contributed by atoms with Crippen LogP contribution in [0.4, 0.5) is 10.1 Å². The molecule has 1 aliphatic rings. The number of benzene rings is 1. The molecule has 0 radical (unpaired) electrons. The van der Waals surface area contributed by atoms with E-state index in [9.17, 15) is 22.4 Å². The molecule has 0 aromatic heterocycles. The van der Waals surface area contributed by atoms with Gasteiger partial charge < -0.3 is 10.6 Å². The molecule has 1 aromatic rings. The second-order valence-corrected chi connectivity index (χ2v) is 8.22. The fraction of sp³-hybridized carbons (Fsp3) is 0.500. The smallest absolute Gasteiger partial charge is 0.313 e. The van der Waals surface area contributed by atoms with Crippen molar-refractivity contribution in [3.05, 3.63) is 29.6 Å². The maximum atomic E-state index is 13.4. The number of anilines is 1. The van der Waals surface area contributed by atoms with Crippen molar-refractivity contribution in [2.24, 2.45) is 5.92 Å². The Morgan fingerprint density at radius 2 is 1.88 bits per heavy atom. The van der Waals surface area contributed by atoms with Crippen LogP contribution < -0.4 is 10.6 Å². The number of nitrogens with one attached hydrogen (secondary N) is 2. The summed E-state index contributed by atoms with van der Waals surface area (Å²) in [6.07, 6.45) is 2.42. The molecule has 25 heavy (non-hydrogen) atoms. The van der Waals surface area contributed by atoms with E-state index in [4.69, 9.17) is 0 Å². The average molecular weight is 371 g/mol. The second-order valence-electron chi connectivity index (χ2n) is 6.23. The number of carbonyl (C=O) groups is 2. The molecule has 1 heterocycles. The SMILES string of the molecule is Cc1ccc(NC(=O)C(=O)NCC2CCN(S(C)(=O)=O)CC2)cc1F. The Kier molecular flexibility index (Phi) is 6.12. The molecule has 0 bridgehead atoms. The number of hydrogen-bond donors (Lipinski definition) is 2. The number of sulfonamides is 1. The van der Waals surface area contributed by atoms with E-state index in [1.807, 2.05) is 0 Å². The third-order valence-corrected chi connectivity index (χ3v) is 5.53. The van der Waals surface area contributed by atoms with Gasteiger partial charge in [-0.15, -0.1) is 0 Å². The highest BCUT2D eigenvalue weighted by molar-refractivity contribution is 7.88. The Labute approximate surface area is 146 Å². The van der Waals surface area contributed by atoms with E-state index in [-0.39, 0.29) is 11.6 Å². The Morgan fingerprint density at radius 3 is 2.44 bits per heavy atom. The first-order valence-corrected chi connectivity index (χ1v) is 9.82. The standard InChI is InChI=1S/C16H22FN3O4S/c1-11-3-4-13(9-14(11)17)19-16(22)15(21)18-10-12-5-7-20(8-6-12)25(2,23)24/h3-4,9,12H,5-8,10H2,1-2H3,(H,18,21)(H,19,22). The normalized spacial score (nSPS) is 16.4. The molecule has 1 saturated heterocycles. The fourth-order valence-corrected chi connectivity index (χ4v) is 3.49. The molecule has 1 aromatic carbocycles. The molecule has 0 unspecified atom stereocenters. The van der Waals surface area contributed by atoms with Crippen LogP contribution in [0, 0.1) is 18.7 Å². The predicted octanol–water partition coefficient (Wildman–Crippen LogP) is 0.860. The van der Waals surface area contributed by atoms with Crippen LogP contribution in [-0.2, 0) is 19.6 Å². The molecule has 2 amide bonds. The lowest BCUT2D eigenvalue weighted by Crippen LogP contribution is -2.43. The highest BCUT2D eigenvalue weighted by atomic mass is 32.2. The first-order valence-electron chi connectivity index (χ1n) is 7.97. The van der Waals surface area contributed by atoms with Gasteiger partial charge in [0.25, 0.3) is 0 Å². The zero-order valence-electron chi connectivity index (χ0n) is 14.2. The van der Waals surface area contributed by atoms with E-state index in [1.54, 1.807) is 6.92 Å². The highest BCUT2D eigenvalue weighted by Crippen LogP contribution is 2.18. The van der Waals surface area contributed by atoms with E-state index in [2.05, 4.69) is 10.6 Å². The van der Waals surface area contributed by atoms with Gasteiger partial charge >= 0.3 is 11.8 Å². The zero-order chi connectivity index (χ0) is 18.6. The van der Waals surface area contributed by atoms with Crippen LogP contribution in [0.15, 0.2) is 18.2 Å². The first-order chi connectivity index (χ1) is 11.7. The van der Waals surface area contributed by atoms with Crippen molar-refractivity contribution in [1.29, 1.82) is 0 Å². The van der Waals surface area contributed by atoms with E-state index < -0.39 is 27.7 Å². The molecule has 2 N–H and O–H groups in total. The Morgan fingerprint density at radius 1 is 1.24 bits per heavy atom. The van der Waals surface area contributed by atoms with Gasteiger partial charge in [-0.1, -0.05) is 6.07 Å².